The second-order valence-corrected chi connectivity index (χ2v) is 15.2. The molecule has 0 bridgehead atoms. The molecule has 0 spiro atoms. The monoisotopic (exact) mass is 474 g/mol. The molecule has 2 aliphatic carbocycles. The highest BCUT2D eigenvalue weighted by atomic mass is 127. The molecule has 2 rings (SSSR count). The Bertz CT molecular complexity index is 151. The summed E-state index contributed by atoms with van der Waals surface area (Å²) < 4.78 is 0.491. The molecule has 0 aromatic heterocycles. The first-order valence-corrected chi connectivity index (χ1v) is 6.81. The molecule has 0 N–H and O–H groups in total. The van der Waals surface area contributed by atoms with Crippen LogP contribution in [0.2, 0.25) is 0 Å². The normalized spacial score (nSPS) is 50.4. The first-order chi connectivity index (χ1) is 4.51. The summed E-state index contributed by atoms with van der Waals surface area (Å²) in [5, 5.41) is 0. The maximum atomic E-state index is 2.54. The van der Waals surface area contributed by atoms with E-state index in [4.69, 9.17) is 0 Å². The maximum Gasteiger partial charge on any atom is 0.124 e. The third kappa shape index (κ3) is 1.60. The van der Waals surface area contributed by atoms with Gasteiger partial charge in [-0.1, -0.05) is 74.7 Å². The van der Waals surface area contributed by atoms with Crippen molar-refractivity contribution in [2.45, 2.75) is 12.8 Å². The number of hydrogen-bond acceptors (Lipinski definition) is 0. The zero-order valence-electron chi connectivity index (χ0n) is 5.65. The fourth-order valence-corrected chi connectivity index (χ4v) is 3.65. The third-order valence-electron chi connectivity index (χ3n) is 2.83. The lowest BCUT2D eigenvalue weighted by molar-refractivity contribution is 0.492. The number of halogens is 3. The van der Waals surface area contributed by atoms with Crippen LogP contribution in [0.4, 0.5) is 0 Å². The number of hydrogen-bond donors (Lipinski definition) is 0. The molecule has 0 amide bonds. The van der Waals surface area contributed by atoms with Crippen molar-refractivity contribution in [3.63, 3.8) is 0 Å². The summed E-state index contributed by atoms with van der Waals surface area (Å²) in [6.07, 6.45) is 1.42. The van der Waals surface area contributed by atoms with Gasteiger partial charge in [0.2, 0.25) is 0 Å². The summed E-state index contributed by atoms with van der Waals surface area (Å²) in [4.78, 5) is 0. The Morgan fingerprint density at radius 2 is 1.70 bits per heavy atom. The first kappa shape index (κ1) is 8.77. The molecule has 0 aromatic rings. The summed E-state index contributed by atoms with van der Waals surface area (Å²) in [7, 11) is 0. The molecule has 0 nitrogen and oxygen atoms in total. The van der Waals surface area contributed by atoms with Gasteiger partial charge in [0, 0.05) is 0 Å². The van der Waals surface area contributed by atoms with E-state index in [1.165, 1.54) is 6.42 Å². The Kier molecular flexibility index (Phi) is 2.27. The van der Waals surface area contributed by atoms with Crippen LogP contribution in [-0.2, 0) is 0 Å². The summed E-state index contributed by atoms with van der Waals surface area (Å²) >= 11 is 7.63. The van der Waals surface area contributed by atoms with Crippen molar-refractivity contribution >= 4 is 67.8 Å². The van der Waals surface area contributed by atoms with Crippen molar-refractivity contribution in [3.05, 3.63) is 0 Å². The van der Waals surface area contributed by atoms with E-state index in [9.17, 15) is 0 Å². The lowest BCUT2D eigenvalue weighted by Gasteiger charge is -2.15. The Balaban J connectivity index is 1.77. The zero-order chi connectivity index (χ0) is 7.52. The van der Waals surface area contributed by atoms with E-state index in [2.05, 4.69) is 74.7 Å². The van der Waals surface area contributed by atoms with E-state index in [-0.39, 0.29) is 0 Å². The predicted octanol–water partition coefficient (Wildman–Crippen LogP) is 3.85. The van der Waals surface area contributed by atoms with Crippen LogP contribution in [0, 0.1) is 23.7 Å². The highest BCUT2D eigenvalue weighted by Crippen LogP contribution is 2.75. The second-order valence-electron chi connectivity index (χ2n) is 3.50. The average molecular weight is 474 g/mol. The van der Waals surface area contributed by atoms with Crippen LogP contribution in [0.3, 0.4) is 0 Å². The highest BCUT2D eigenvalue weighted by molar-refractivity contribution is 14.3. The van der Waals surface area contributed by atoms with Gasteiger partial charge in [0.1, 0.15) is -0.565 Å². The summed E-state index contributed by atoms with van der Waals surface area (Å²) in [5.74, 6) is 4.51. The van der Waals surface area contributed by atoms with Crippen molar-refractivity contribution in [1.29, 1.82) is 0 Å². The fourth-order valence-electron chi connectivity index (χ4n) is 2.13. The van der Waals surface area contributed by atoms with Gasteiger partial charge in [-0.05, 0) is 30.1 Å². The van der Waals surface area contributed by atoms with Gasteiger partial charge in [0.25, 0.3) is 0 Å². The van der Waals surface area contributed by atoms with Gasteiger partial charge in [-0.15, -0.1) is 0 Å². The Labute approximate surface area is 103 Å². The maximum absolute atomic E-state index is 2.54. The van der Waals surface area contributed by atoms with Crippen molar-refractivity contribution in [2.75, 3.05) is 0 Å². The van der Waals surface area contributed by atoms with Gasteiger partial charge in [-0.2, -0.15) is 0 Å². The average Bonchev–Trinajstić information content (AvgIpc) is 2.53. The van der Waals surface area contributed by atoms with Crippen LogP contribution in [-0.4, -0.2) is -0.565 Å². The van der Waals surface area contributed by atoms with Crippen LogP contribution in [0.15, 0.2) is 0 Å². The predicted molar refractivity (Wildman–Crippen MR) is 69.0 cm³/mol. The van der Waals surface area contributed by atoms with E-state index in [1.807, 2.05) is 0 Å². The van der Waals surface area contributed by atoms with E-state index in [1.54, 1.807) is 0 Å². The Morgan fingerprint density at radius 3 is 2.00 bits per heavy atom. The Hall–Kier alpha value is 2.19. The van der Waals surface area contributed by atoms with E-state index in [0.717, 1.165) is 23.7 Å². The van der Waals surface area contributed by atoms with Crippen molar-refractivity contribution in [1.82, 2.24) is 0 Å². The van der Waals surface area contributed by atoms with Crippen molar-refractivity contribution in [3.8, 4) is 0 Å². The number of rotatable bonds is 2. The zero-order valence-corrected chi connectivity index (χ0v) is 12.1. The molecule has 58 valence electrons. The highest BCUT2D eigenvalue weighted by Gasteiger charge is 2.70. The van der Waals surface area contributed by atoms with Gasteiger partial charge in [-0.3, -0.25) is 0 Å². The molecule has 3 heteroatoms. The van der Waals surface area contributed by atoms with E-state index < -0.39 is 0 Å². The van der Waals surface area contributed by atoms with Gasteiger partial charge < -0.3 is 0 Å². The third-order valence-corrected chi connectivity index (χ3v) is 4.15. The van der Waals surface area contributed by atoms with E-state index in [0.29, 0.717) is -0.565 Å². The van der Waals surface area contributed by atoms with Gasteiger partial charge >= 0.3 is 0 Å². The lowest BCUT2D eigenvalue weighted by Crippen LogP contribution is -2.07. The standard InChI is InChI=1S/C7H9I3/c1-3-5-4(6(3)5)2-7(8,9)10/h3-6H,2H2,1H3. The molecule has 2 unspecified atom stereocenters. The minimum Gasteiger partial charge on any atom is -0.0619 e. The molecule has 0 radical (unpaired) electrons. The quantitative estimate of drug-likeness (QED) is 0.422. The minimum atomic E-state index is 0.491. The molecule has 0 aliphatic heterocycles. The Morgan fingerprint density at radius 1 is 1.20 bits per heavy atom. The molecular formula is C7H9I3. The van der Waals surface area contributed by atoms with Crippen LogP contribution in [0.1, 0.15) is 13.3 Å². The largest absolute Gasteiger partial charge is 0.124 e. The lowest BCUT2D eigenvalue weighted by atomic mass is 10.1. The summed E-state index contributed by atoms with van der Waals surface area (Å²) in [6.45, 7) is 2.39. The molecule has 0 aromatic carbocycles. The fraction of sp³-hybridized carbons (Fsp3) is 1.00. The summed E-state index contributed by atoms with van der Waals surface area (Å²) in [5.41, 5.74) is 0. The van der Waals surface area contributed by atoms with Crippen molar-refractivity contribution < 1.29 is 0 Å². The second kappa shape index (κ2) is 2.59. The van der Waals surface area contributed by atoms with Crippen LogP contribution >= 0.6 is 67.8 Å². The smallest absolute Gasteiger partial charge is 0.0619 e. The van der Waals surface area contributed by atoms with Crippen LogP contribution in [0.5, 0.6) is 0 Å². The first-order valence-electron chi connectivity index (χ1n) is 3.57. The SMILES string of the molecule is CC1C2C(CC(I)(I)I)C12. The molecular weight excluding hydrogens is 465 g/mol. The molecule has 0 heterocycles. The van der Waals surface area contributed by atoms with Gasteiger partial charge in [-0.25, -0.2) is 0 Å². The van der Waals surface area contributed by atoms with Gasteiger partial charge in [0.15, 0.2) is 0 Å². The van der Waals surface area contributed by atoms with Crippen LogP contribution in [0.25, 0.3) is 0 Å². The number of alkyl halides is 3. The van der Waals surface area contributed by atoms with E-state index >= 15 is 0 Å². The molecule has 10 heavy (non-hydrogen) atoms. The molecule has 0 saturated heterocycles. The summed E-state index contributed by atoms with van der Waals surface area (Å²) in [6, 6.07) is 0. The molecule has 2 saturated carbocycles. The number of fused-ring (bicyclic) bond motifs is 1. The van der Waals surface area contributed by atoms with Gasteiger partial charge in [0.05, 0.1) is 0 Å². The van der Waals surface area contributed by atoms with Crippen LogP contribution < -0.4 is 0 Å². The minimum absolute atomic E-state index is 0.491. The molecule has 2 atom stereocenters. The van der Waals surface area contributed by atoms with Crippen molar-refractivity contribution in [2.24, 2.45) is 23.7 Å². The molecule has 2 aliphatic rings. The molecule has 2 fully saturated rings. The topological polar surface area (TPSA) is 0 Å².